The highest BCUT2D eigenvalue weighted by Crippen LogP contribution is 2.29. The van der Waals surface area contributed by atoms with Crippen LogP contribution in [-0.2, 0) is 4.79 Å². The summed E-state index contributed by atoms with van der Waals surface area (Å²) in [6.07, 6.45) is 0.933. The fraction of sp³-hybridized carbons (Fsp3) is 0.316. The number of aryl methyl sites for hydroxylation is 1. The molecule has 25 heavy (non-hydrogen) atoms. The van der Waals surface area contributed by atoms with Crippen molar-refractivity contribution in [3.05, 3.63) is 70.0 Å². The fourth-order valence-electron chi connectivity index (χ4n) is 2.43. The maximum atomic E-state index is 13.4. The number of nitrogens with two attached hydrogens (primary N) is 1. The lowest BCUT2D eigenvalue weighted by Crippen LogP contribution is -2.30. The number of hydrogen-bond acceptors (Lipinski definition) is 2. The summed E-state index contributed by atoms with van der Waals surface area (Å²) in [5.74, 6) is -0.520. The monoisotopic (exact) mass is 384 g/mol. The van der Waals surface area contributed by atoms with E-state index >= 15 is 0 Å². The van der Waals surface area contributed by atoms with Crippen molar-refractivity contribution in [1.29, 1.82) is 0 Å². The maximum Gasteiger partial charge on any atom is 0.220 e. The third-order valence-electron chi connectivity index (χ3n) is 3.82. The molecule has 3 N–H and O–H groups in total. The normalized spacial score (nSPS) is 12.8. The average molecular weight is 385 g/mol. The smallest absolute Gasteiger partial charge is 0.220 e. The SMILES string of the molecule is Cc1ccc(C(NC(=O)CCC(C)N)c2ccc(F)cc2Cl)cc1.Cl. The molecule has 2 aromatic carbocycles. The first-order valence-electron chi connectivity index (χ1n) is 7.93. The second kappa shape index (κ2) is 9.76. The summed E-state index contributed by atoms with van der Waals surface area (Å²) < 4.78 is 13.4. The molecular formula is C19H23Cl2FN2O. The Balaban J connectivity index is 0.00000312. The van der Waals surface area contributed by atoms with E-state index < -0.39 is 11.9 Å². The Hall–Kier alpha value is -1.62. The van der Waals surface area contributed by atoms with Gasteiger partial charge in [-0.25, -0.2) is 4.39 Å². The van der Waals surface area contributed by atoms with Gasteiger partial charge in [0, 0.05) is 17.5 Å². The number of rotatable bonds is 6. The summed E-state index contributed by atoms with van der Waals surface area (Å²) >= 11 is 6.21. The van der Waals surface area contributed by atoms with Gasteiger partial charge < -0.3 is 11.1 Å². The Labute approximate surface area is 159 Å². The van der Waals surface area contributed by atoms with Gasteiger partial charge in [-0.15, -0.1) is 12.4 Å². The third kappa shape index (κ3) is 6.31. The Kier molecular flexibility index (Phi) is 8.36. The van der Waals surface area contributed by atoms with Crippen LogP contribution in [0.15, 0.2) is 42.5 Å². The van der Waals surface area contributed by atoms with E-state index in [2.05, 4.69) is 5.32 Å². The highest BCUT2D eigenvalue weighted by molar-refractivity contribution is 6.31. The van der Waals surface area contributed by atoms with E-state index in [-0.39, 0.29) is 29.4 Å². The molecule has 2 unspecified atom stereocenters. The van der Waals surface area contributed by atoms with Crippen molar-refractivity contribution >= 4 is 29.9 Å². The zero-order valence-corrected chi connectivity index (χ0v) is 15.8. The first-order valence-corrected chi connectivity index (χ1v) is 8.31. The van der Waals surface area contributed by atoms with Crippen molar-refractivity contribution in [2.45, 2.75) is 38.8 Å². The Morgan fingerprint density at radius 2 is 1.88 bits per heavy atom. The molecule has 2 atom stereocenters. The molecular weight excluding hydrogens is 362 g/mol. The molecule has 0 saturated heterocycles. The van der Waals surface area contributed by atoms with Crippen LogP contribution in [0.2, 0.25) is 5.02 Å². The van der Waals surface area contributed by atoms with E-state index in [0.29, 0.717) is 18.4 Å². The summed E-state index contributed by atoms with van der Waals surface area (Å²) in [6, 6.07) is 11.5. The Morgan fingerprint density at radius 1 is 1.24 bits per heavy atom. The number of carbonyl (C=O) groups is 1. The van der Waals surface area contributed by atoms with Crippen molar-refractivity contribution in [2.75, 3.05) is 0 Å². The first-order chi connectivity index (χ1) is 11.4. The lowest BCUT2D eigenvalue weighted by atomic mass is 9.97. The molecule has 0 heterocycles. The zero-order valence-electron chi connectivity index (χ0n) is 14.3. The molecule has 0 saturated carbocycles. The predicted molar refractivity (Wildman–Crippen MR) is 103 cm³/mol. The lowest BCUT2D eigenvalue weighted by Gasteiger charge is -2.21. The van der Waals surface area contributed by atoms with Crippen LogP contribution in [0.1, 0.15) is 42.5 Å². The van der Waals surface area contributed by atoms with Gasteiger partial charge in [-0.3, -0.25) is 4.79 Å². The summed E-state index contributed by atoms with van der Waals surface area (Å²) in [6.45, 7) is 3.85. The van der Waals surface area contributed by atoms with Crippen molar-refractivity contribution in [2.24, 2.45) is 5.73 Å². The summed E-state index contributed by atoms with van der Waals surface area (Å²) in [7, 11) is 0. The van der Waals surface area contributed by atoms with Gasteiger partial charge in [-0.1, -0.05) is 47.5 Å². The topological polar surface area (TPSA) is 55.1 Å². The van der Waals surface area contributed by atoms with Crippen LogP contribution in [-0.4, -0.2) is 11.9 Å². The van der Waals surface area contributed by atoms with Crippen molar-refractivity contribution in [1.82, 2.24) is 5.32 Å². The minimum atomic E-state index is -0.431. The van der Waals surface area contributed by atoms with E-state index in [0.717, 1.165) is 11.1 Å². The van der Waals surface area contributed by atoms with E-state index in [1.165, 1.54) is 12.1 Å². The first kappa shape index (κ1) is 21.4. The van der Waals surface area contributed by atoms with Gasteiger partial charge in [0.25, 0.3) is 0 Å². The number of benzene rings is 2. The number of hydrogen-bond donors (Lipinski definition) is 2. The van der Waals surface area contributed by atoms with Crippen LogP contribution < -0.4 is 11.1 Å². The highest BCUT2D eigenvalue weighted by atomic mass is 35.5. The molecule has 0 aromatic heterocycles. The number of carbonyl (C=O) groups excluding carboxylic acids is 1. The van der Waals surface area contributed by atoms with Crippen LogP contribution in [0, 0.1) is 12.7 Å². The van der Waals surface area contributed by atoms with Gasteiger partial charge in [0.1, 0.15) is 5.82 Å². The largest absolute Gasteiger partial charge is 0.345 e. The number of halogens is 3. The van der Waals surface area contributed by atoms with Crippen molar-refractivity contribution in [3.8, 4) is 0 Å². The van der Waals surface area contributed by atoms with Gasteiger partial charge in [0.05, 0.1) is 6.04 Å². The van der Waals surface area contributed by atoms with E-state index in [9.17, 15) is 9.18 Å². The zero-order chi connectivity index (χ0) is 17.7. The third-order valence-corrected chi connectivity index (χ3v) is 4.14. The summed E-state index contributed by atoms with van der Waals surface area (Å²) in [5, 5.41) is 3.27. The Bertz CT molecular complexity index is 705. The van der Waals surface area contributed by atoms with Crippen LogP contribution in [0.3, 0.4) is 0 Å². The molecule has 1 amide bonds. The molecule has 0 aliphatic carbocycles. The standard InChI is InChI=1S/C19H22ClFN2O.ClH/c1-12-3-6-14(7-4-12)19(23-18(24)10-5-13(2)22)16-9-8-15(21)11-17(16)20;/h3-4,6-9,11,13,19H,5,10,22H2,1-2H3,(H,23,24);1H. The van der Waals surface area contributed by atoms with Gasteiger partial charge >= 0.3 is 0 Å². The lowest BCUT2D eigenvalue weighted by molar-refractivity contribution is -0.121. The quantitative estimate of drug-likeness (QED) is 0.767. The maximum absolute atomic E-state index is 13.4. The molecule has 0 aliphatic rings. The van der Waals surface area contributed by atoms with Crippen molar-refractivity contribution < 1.29 is 9.18 Å². The van der Waals surface area contributed by atoms with E-state index in [1.807, 2.05) is 38.1 Å². The average Bonchev–Trinajstić information content (AvgIpc) is 2.52. The molecule has 0 radical (unpaired) electrons. The van der Waals surface area contributed by atoms with Gasteiger partial charge in [0.2, 0.25) is 5.91 Å². The summed E-state index contributed by atoms with van der Waals surface area (Å²) in [4.78, 5) is 12.3. The Morgan fingerprint density at radius 3 is 2.44 bits per heavy atom. The van der Waals surface area contributed by atoms with Gasteiger partial charge in [-0.05, 0) is 43.5 Å². The molecule has 0 aliphatic heterocycles. The van der Waals surface area contributed by atoms with Gasteiger partial charge in [-0.2, -0.15) is 0 Å². The molecule has 136 valence electrons. The summed E-state index contributed by atoms with van der Waals surface area (Å²) in [5.41, 5.74) is 8.38. The molecule has 0 spiro atoms. The van der Waals surface area contributed by atoms with E-state index in [4.69, 9.17) is 17.3 Å². The minimum absolute atomic E-state index is 0. The highest BCUT2D eigenvalue weighted by Gasteiger charge is 2.20. The second-order valence-corrected chi connectivity index (χ2v) is 6.50. The van der Waals surface area contributed by atoms with Crippen molar-refractivity contribution in [3.63, 3.8) is 0 Å². The second-order valence-electron chi connectivity index (χ2n) is 6.09. The van der Waals surface area contributed by atoms with Crippen LogP contribution >= 0.6 is 24.0 Å². The molecule has 3 nitrogen and oxygen atoms in total. The van der Waals surface area contributed by atoms with Crippen LogP contribution in [0.25, 0.3) is 0 Å². The molecule has 0 bridgehead atoms. The van der Waals surface area contributed by atoms with Gasteiger partial charge in [0.15, 0.2) is 0 Å². The predicted octanol–water partition coefficient (Wildman–Crippen LogP) is 4.54. The van der Waals surface area contributed by atoms with Crippen LogP contribution in [0.4, 0.5) is 4.39 Å². The fourth-order valence-corrected chi connectivity index (χ4v) is 2.70. The van der Waals surface area contributed by atoms with E-state index in [1.54, 1.807) is 6.07 Å². The molecule has 2 rings (SSSR count). The molecule has 0 fully saturated rings. The number of amides is 1. The number of nitrogens with one attached hydrogen (secondary N) is 1. The van der Waals surface area contributed by atoms with Crippen LogP contribution in [0.5, 0.6) is 0 Å². The molecule has 2 aromatic rings. The minimum Gasteiger partial charge on any atom is -0.345 e. The molecule has 6 heteroatoms.